The molecule has 0 saturated heterocycles. The molecule has 7 heteroatoms. The van der Waals surface area contributed by atoms with Crippen LogP contribution in [0.25, 0.3) is 0 Å². The zero-order valence-corrected chi connectivity index (χ0v) is 21.3. The van der Waals surface area contributed by atoms with Crippen molar-refractivity contribution in [2.45, 2.75) is 57.1 Å². The molecule has 0 amide bonds. The fourth-order valence-corrected chi connectivity index (χ4v) is 6.96. The number of aromatic hydroxyl groups is 1. The van der Waals surface area contributed by atoms with E-state index in [1.54, 1.807) is 18.3 Å². The first-order valence-electron chi connectivity index (χ1n) is 12.0. The van der Waals surface area contributed by atoms with E-state index in [1.807, 2.05) is 74.0 Å². The molecule has 1 aliphatic rings. The number of pyridine rings is 1. The van der Waals surface area contributed by atoms with Gasteiger partial charge in [0.1, 0.15) is 12.3 Å². The summed E-state index contributed by atoms with van der Waals surface area (Å²) in [6.07, 6.45) is 4.55. The minimum absolute atomic E-state index is 0.101. The highest BCUT2D eigenvalue weighted by atomic mass is 32.2. The number of nitrogens with zero attached hydrogens (tertiary/aromatic N) is 1. The van der Waals surface area contributed by atoms with Gasteiger partial charge in [0, 0.05) is 23.8 Å². The minimum Gasteiger partial charge on any atom is -0.503 e. The van der Waals surface area contributed by atoms with Crippen molar-refractivity contribution < 1.29 is 27.9 Å². The predicted molar refractivity (Wildman–Crippen MR) is 134 cm³/mol. The van der Waals surface area contributed by atoms with Crippen LogP contribution < -0.4 is 9.30 Å². The third-order valence-electron chi connectivity index (χ3n) is 6.68. The SMILES string of the molecule is Cc1ccc2c(c1)[C@@H](c1ccc(OCCCC[n+]3cccc(O)c3)cc1)[C@@H](O)C(C)(C)CS2(=O)=O. The fraction of sp³-hybridized carbons (Fsp3) is 0.393. The largest absolute Gasteiger partial charge is 0.503 e. The molecule has 6 nitrogen and oxygen atoms in total. The van der Waals surface area contributed by atoms with Gasteiger partial charge in [-0.2, -0.15) is 0 Å². The number of sulfone groups is 1. The van der Waals surface area contributed by atoms with Gasteiger partial charge >= 0.3 is 0 Å². The Labute approximate surface area is 207 Å². The number of fused-ring (bicyclic) bond motifs is 1. The Hall–Kier alpha value is -2.90. The Morgan fingerprint density at radius 3 is 2.54 bits per heavy atom. The maximum atomic E-state index is 13.1. The van der Waals surface area contributed by atoms with Crippen LogP contribution in [0.5, 0.6) is 11.5 Å². The molecule has 1 aromatic heterocycles. The van der Waals surface area contributed by atoms with Gasteiger partial charge in [0.2, 0.25) is 6.20 Å². The van der Waals surface area contributed by atoms with Crippen molar-refractivity contribution in [3.05, 3.63) is 83.7 Å². The van der Waals surface area contributed by atoms with Crippen molar-refractivity contribution in [2.75, 3.05) is 12.4 Å². The van der Waals surface area contributed by atoms with Crippen LogP contribution in [0.15, 0.2) is 71.9 Å². The molecule has 0 fully saturated rings. The molecule has 2 heterocycles. The molecule has 0 radical (unpaired) electrons. The van der Waals surface area contributed by atoms with E-state index < -0.39 is 27.3 Å². The maximum absolute atomic E-state index is 13.1. The summed E-state index contributed by atoms with van der Waals surface area (Å²) in [5, 5.41) is 20.9. The molecule has 0 spiro atoms. The summed E-state index contributed by atoms with van der Waals surface area (Å²) >= 11 is 0. The molecule has 2 aromatic carbocycles. The van der Waals surface area contributed by atoms with Crippen LogP contribution in [-0.2, 0) is 16.4 Å². The summed E-state index contributed by atoms with van der Waals surface area (Å²) in [5.41, 5.74) is 1.67. The maximum Gasteiger partial charge on any atom is 0.210 e. The summed E-state index contributed by atoms with van der Waals surface area (Å²) in [6.45, 7) is 6.93. The van der Waals surface area contributed by atoms with Crippen molar-refractivity contribution >= 4 is 9.84 Å². The van der Waals surface area contributed by atoms with Crippen molar-refractivity contribution in [3.8, 4) is 11.5 Å². The molecular formula is C28H34NO5S+. The predicted octanol–water partition coefficient (Wildman–Crippen LogP) is 4.15. The molecule has 0 unspecified atom stereocenters. The number of aromatic nitrogens is 1. The smallest absolute Gasteiger partial charge is 0.210 e. The van der Waals surface area contributed by atoms with E-state index in [9.17, 15) is 18.6 Å². The molecule has 3 aromatic rings. The van der Waals surface area contributed by atoms with Gasteiger partial charge in [-0.3, -0.25) is 0 Å². The summed E-state index contributed by atoms with van der Waals surface area (Å²) < 4.78 is 34.1. The number of aliphatic hydroxyl groups excluding tert-OH is 1. The fourth-order valence-electron chi connectivity index (χ4n) is 4.84. The van der Waals surface area contributed by atoms with E-state index in [4.69, 9.17) is 4.74 Å². The van der Waals surface area contributed by atoms with Crippen LogP contribution in [0, 0.1) is 12.3 Å². The van der Waals surface area contributed by atoms with Crippen molar-refractivity contribution in [1.82, 2.24) is 0 Å². The average molecular weight is 497 g/mol. The number of aliphatic hydroxyl groups is 1. The lowest BCUT2D eigenvalue weighted by atomic mass is 9.75. The lowest BCUT2D eigenvalue weighted by Gasteiger charge is -2.33. The number of rotatable bonds is 7. The standard InChI is InChI=1S/C28H33NO5S/c1-20-8-13-25-24(17-20)26(27(31)28(2,3)19-35(25,32)33)21-9-11-23(12-10-21)34-16-5-4-14-29-15-6-7-22(30)18-29/h6-13,15,17-18,26-27,31H,4-5,14,16,19H2,1-3H3/p+1/t26-,27-/m1/s1. The molecule has 1 aliphatic heterocycles. The minimum atomic E-state index is -3.53. The van der Waals surface area contributed by atoms with Crippen molar-refractivity contribution in [3.63, 3.8) is 0 Å². The Bertz CT molecular complexity index is 1280. The molecule has 2 atom stereocenters. The normalized spacial score (nSPS) is 20.6. The highest BCUT2D eigenvalue weighted by molar-refractivity contribution is 7.91. The number of hydrogen-bond acceptors (Lipinski definition) is 5. The van der Waals surface area contributed by atoms with E-state index >= 15 is 0 Å². The van der Waals surface area contributed by atoms with Crippen LogP contribution in [0.3, 0.4) is 0 Å². The van der Waals surface area contributed by atoms with Crippen LogP contribution in [0.2, 0.25) is 0 Å². The van der Waals surface area contributed by atoms with Gasteiger partial charge in [-0.25, -0.2) is 13.0 Å². The molecular weight excluding hydrogens is 462 g/mol. The zero-order valence-electron chi connectivity index (χ0n) is 20.5. The average Bonchev–Trinajstić information content (AvgIpc) is 2.84. The summed E-state index contributed by atoms with van der Waals surface area (Å²) in [7, 11) is -3.53. The molecule has 0 bridgehead atoms. The van der Waals surface area contributed by atoms with Crippen molar-refractivity contribution in [2.24, 2.45) is 5.41 Å². The second-order valence-corrected chi connectivity index (χ2v) is 12.1. The highest BCUT2D eigenvalue weighted by Crippen LogP contribution is 2.44. The third-order valence-corrected chi connectivity index (χ3v) is 8.84. The second kappa shape index (κ2) is 9.99. The van der Waals surface area contributed by atoms with Gasteiger partial charge in [0.25, 0.3) is 0 Å². The number of unbranched alkanes of at least 4 members (excludes halogenated alkanes) is 1. The molecule has 35 heavy (non-hydrogen) atoms. The number of benzene rings is 2. The quantitative estimate of drug-likeness (QED) is 0.379. The van der Waals surface area contributed by atoms with E-state index in [2.05, 4.69) is 0 Å². The Kier molecular flexibility index (Phi) is 7.20. The number of aryl methyl sites for hydroxylation is 2. The lowest BCUT2D eigenvalue weighted by molar-refractivity contribution is -0.697. The summed E-state index contributed by atoms with van der Waals surface area (Å²) in [6, 6.07) is 16.4. The molecule has 0 saturated carbocycles. The monoisotopic (exact) mass is 496 g/mol. The highest BCUT2D eigenvalue weighted by Gasteiger charge is 2.44. The van der Waals surface area contributed by atoms with Gasteiger partial charge in [-0.1, -0.05) is 43.7 Å². The van der Waals surface area contributed by atoms with Crippen LogP contribution in [-0.4, -0.2) is 37.1 Å². The van der Waals surface area contributed by atoms with E-state index in [1.165, 1.54) is 0 Å². The first-order chi connectivity index (χ1) is 16.6. The van der Waals surface area contributed by atoms with Gasteiger partial charge in [0.05, 0.1) is 23.4 Å². The first kappa shape index (κ1) is 25.2. The van der Waals surface area contributed by atoms with Crippen LogP contribution >= 0.6 is 0 Å². The Morgan fingerprint density at radius 2 is 1.83 bits per heavy atom. The van der Waals surface area contributed by atoms with Gasteiger partial charge < -0.3 is 14.9 Å². The lowest BCUT2D eigenvalue weighted by Crippen LogP contribution is -2.38. The number of ether oxygens (including phenoxy) is 1. The first-order valence-corrected chi connectivity index (χ1v) is 13.6. The van der Waals surface area contributed by atoms with Gasteiger partial charge in [0.15, 0.2) is 21.8 Å². The molecule has 0 aliphatic carbocycles. The Balaban J connectivity index is 1.48. The van der Waals surface area contributed by atoms with E-state index in [-0.39, 0.29) is 11.5 Å². The zero-order chi connectivity index (χ0) is 25.2. The number of hydrogen-bond donors (Lipinski definition) is 2. The van der Waals surface area contributed by atoms with E-state index in [0.717, 1.165) is 36.3 Å². The third kappa shape index (κ3) is 5.68. The van der Waals surface area contributed by atoms with Gasteiger partial charge in [-0.05, 0) is 48.7 Å². The Morgan fingerprint density at radius 1 is 1.09 bits per heavy atom. The molecule has 186 valence electrons. The topological polar surface area (TPSA) is 87.7 Å². The van der Waals surface area contributed by atoms with Gasteiger partial charge in [-0.15, -0.1) is 0 Å². The van der Waals surface area contributed by atoms with Crippen LogP contribution in [0.4, 0.5) is 0 Å². The molecule has 4 rings (SSSR count). The second-order valence-electron chi connectivity index (χ2n) is 10.1. The summed E-state index contributed by atoms with van der Waals surface area (Å²) in [5.74, 6) is 0.431. The van der Waals surface area contributed by atoms with Crippen LogP contribution in [0.1, 0.15) is 49.3 Å². The van der Waals surface area contributed by atoms with Crippen molar-refractivity contribution in [1.29, 1.82) is 0 Å². The summed E-state index contributed by atoms with van der Waals surface area (Å²) in [4.78, 5) is 0.308. The molecule has 2 N–H and O–H groups in total. The van der Waals surface area contributed by atoms with E-state index in [0.29, 0.717) is 17.1 Å².